The molecule has 0 radical (unpaired) electrons. The van der Waals surface area contributed by atoms with E-state index in [9.17, 15) is 23.5 Å². The predicted molar refractivity (Wildman–Crippen MR) is 58.2 cm³/mol. The van der Waals surface area contributed by atoms with E-state index in [1.54, 1.807) is 11.8 Å². The maximum Gasteiger partial charge on any atom is 0.445 e. The van der Waals surface area contributed by atoms with Crippen molar-refractivity contribution in [1.82, 2.24) is 19.7 Å². The van der Waals surface area contributed by atoms with Gasteiger partial charge in [-0.3, -0.25) is 4.65 Å². The number of aliphatic hydroxyl groups is 1. The maximum atomic E-state index is 12.4. The molecule has 1 fully saturated rings. The Kier molecular flexibility index (Phi) is 3.32. The van der Waals surface area contributed by atoms with E-state index in [1.807, 2.05) is 0 Å². The Bertz CT molecular complexity index is 440. The number of likely N-dealkylation sites (N-methyl/N-ethyl adjacent to an activating group) is 1. The average Bonchev–Trinajstić information content (AvgIpc) is 2.85. The van der Waals surface area contributed by atoms with Crippen LogP contribution in [0.15, 0.2) is 0 Å². The standard InChI is InChI=1S/C8H11F3N4O2S/c1-2-14-3-5(16)15(17,4-14)7-13-12-6(18-7)8(9,10)11/h5,16H,2-4H2,1H3. The highest BCUT2D eigenvalue weighted by atomic mass is 32.1. The van der Waals surface area contributed by atoms with Gasteiger partial charge in [-0.2, -0.15) is 13.2 Å². The van der Waals surface area contributed by atoms with Crippen LogP contribution in [0.4, 0.5) is 18.3 Å². The molecule has 1 aliphatic rings. The number of aromatic nitrogens is 2. The van der Waals surface area contributed by atoms with Crippen molar-refractivity contribution in [2.45, 2.75) is 19.3 Å². The van der Waals surface area contributed by atoms with E-state index in [0.29, 0.717) is 6.54 Å². The molecule has 2 unspecified atom stereocenters. The number of rotatable bonds is 2. The molecule has 1 N–H and O–H groups in total. The van der Waals surface area contributed by atoms with Gasteiger partial charge in [0.15, 0.2) is 0 Å². The average molecular weight is 284 g/mol. The summed E-state index contributed by atoms with van der Waals surface area (Å²) in [4.78, 5) is 1.65. The van der Waals surface area contributed by atoms with Gasteiger partial charge < -0.3 is 10.3 Å². The lowest BCUT2D eigenvalue weighted by Crippen LogP contribution is -2.48. The van der Waals surface area contributed by atoms with E-state index in [4.69, 9.17) is 0 Å². The fourth-order valence-electron chi connectivity index (χ4n) is 1.71. The molecule has 0 saturated carbocycles. The van der Waals surface area contributed by atoms with Gasteiger partial charge in [-0.25, -0.2) is 4.90 Å². The minimum absolute atomic E-state index is 0.112. The van der Waals surface area contributed by atoms with Gasteiger partial charge in [0.25, 0.3) is 0 Å². The number of aliphatic hydroxyl groups excluding tert-OH is 1. The molecule has 1 saturated heterocycles. The third-order valence-electron chi connectivity index (χ3n) is 2.74. The molecule has 1 aromatic rings. The number of hydroxylamine groups is 2. The summed E-state index contributed by atoms with van der Waals surface area (Å²) in [6.45, 7) is 2.32. The van der Waals surface area contributed by atoms with Crippen LogP contribution in [0, 0.1) is 5.21 Å². The molecule has 0 spiro atoms. The molecule has 2 atom stereocenters. The van der Waals surface area contributed by atoms with Crippen LogP contribution in [-0.2, 0) is 6.18 Å². The van der Waals surface area contributed by atoms with Gasteiger partial charge in [-0.1, -0.05) is 12.0 Å². The first-order valence-electron chi connectivity index (χ1n) is 5.18. The molecule has 0 amide bonds. The van der Waals surface area contributed by atoms with E-state index >= 15 is 0 Å². The summed E-state index contributed by atoms with van der Waals surface area (Å²) in [7, 11) is 0. The van der Waals surface area contributed by atoms with Gasteiger partial charge >= 0.3 is 11.3 Å². The van der Waals surface area contributed by atoms with Crippen LogP contribution in [0.5, 0.6) is 0 Å². The normalized spacial score (nSPS) is 30.0. The molecule has 2 rings (SSSR count). The first-order chi connectivity index (χ1) is 8.27. The van der Waals surface area contributed by atoms with E-state index in [2.05, 4.69) is 10.2 Å². The summed E-state index contributed by atoms with van der Waals surface area (Å²) in [6, 6.07) is 0. The highest BCUT2D eigenvalue weighted by molar-refractivity contribution is 7.15. The topological polar surface area (TPSA) is 72.3 Å². The highest BCUT2D eigenvalue weighted by Crippen LogP contribution is 2.38. The van der Waals surface area contributed by atoms with Crippen molar-refractivity contribution in [3.63, 3.8) is 0 Å². The molecule has 10 heteroatoms. The lowest BCUT2D eigenvalue weighted by atomic mass is 10.5. The summed E-state index contributed by atoms with van der Waals surface area (Å²) in [5.74, 6) is 0. The molecule has 102 valence electrons. The number of alkyl halides is 3. The zero-order valence-electron chi connectivity index (χ0n) is 9.39. The van der Waals surface area contributed by atoms with E-state index in [0.717, 1.165) is 0 Å². The van der Waals surface area contributed by atoms with Crippen LogP contribution < -0.4 is 4.65 Å². The van der Waals surface area contributed by atoms with E-state index in [-0.39, 0.29) is 29.7 Å². The zero-order valence-corrected chi connectivity index (χ0v) is 10.2. The van der Waals surface area contributed by atoms with Crippen molar-refractivity contribution < 1.29 is 18.3 Å². The number of nitrogens with zero attached hydrogens (tertiary/aromatic N) is 4. The Hall–Kier alpha value is -0.810. The molecule has 1 aromatic heterocycles. The van der Waals surface area contributed by atoms with Gasteiger partial charge in [0.05, 0.1) is 6.54 Å². The molecule has 6 nitrogen and oxygen atoms in total. The van der Waals surface area contributed by atoms with Crippen LogP contribution >= 0.6 is 11.3 Å². The quantitative estimate of drug-likeness (QED) is 0.647. The van der Waals surface area contributed by atoms with Crippen LogP contribution in [0.2, 0.25) is 0 Å². The monoisotopic (exact) mass is 284 g/mol. The van der Waals surface area contributed by atoms with Crippen molar-refractivity contribution in [2.75, 3.05) is 19.8 Å². The SMILES string of the molecule is CCN1CC(O)[N+]([O-])(c2nnc(C(F)(F)F)s2)C1. The zero-order chi connectivity index (χ0) is 13.6. The third kappa shape index (κ3) is 2.21. The number of β-amino-alcohol motifs (C(OH)–C–C–N with tert-alkyl or cyclic N) is 1. The predicted octanol–water partition coefficient (Wildman–Crippen LogP) is 0.973. The van der Waals surface area contributed by atoms with Gasteiger partial charge in [0, 0.05) is 6.54 Å². The molecule has 2 heterocycles. The highest BCUT2D eigenvalue weighted by Gasteiger charge is 2.45. The van der Waals surface area contributed by atoms with Crippen LogP contribution in [-0.4, -0.2) is 46.2 Å². The van der Waals surface area contributed by atoms with Crippen LogP contribution in [0.3, 0.4) is 0 Å². The molecule has 0 bridgehead atoms. The molecule has 0 aromatic carbocycles. The van der Waals surface area contributed by atoms with Crippen molar-refractivity contribution in [3.8, 4) is 0 Å². The molecule has 1 aliphatic heterocycles. The number of hydrogen-bond donors (Lipinski definition) is 1. The van der Waals surface area contributed by atoms with E-state index in [1.165, 1.54) is 0 Å². The Morgan fingerprint density at radius 3 is 2.67 bits per heavy atom. The molecular weight excluding hydrogens is 273 g/mol. The third-order valence-corrected chi connectivity index (χ3v) is 3.82. The smallest absolute Gasteiger partial charge is 0.445 e. The lowest BCUT2D eigenvalue weighted by molar-refractivity contribution is -0.138. The number of hydrogen-bond acceptors (Lipinski definition) is 6. The van der Waals surface area contributed by atoms with Gasteiger partial charge in [-0.05, 0) is 11.3 Å². The summed E-state index contributed by atoms with van der Waals surface area (Å²) >= 11 is 0.178. The van der Waals surface area contributed by atoms with Gasteiger partial charge in [0.1, 0.15) is 6.67 Å². The number of quaternary nitrogens is 1. The lowest BCUT2D eigenvalue weighted by Gasteiger charge is -2.36. The van der Waals surface area contributed by atoms with Crippen LogP contribution in [0.25, 0.3) is 0 Å². The van der Waals surface area contributed by atoms with Crippen molar-refractivity contribution in [3.05, 3.63) is 10.2 Å². The first-order valence-corrected chi connectivity index (χ1v) is 5.99. The second-order valence-corrected chi connectivity index (χ2v) is 4.93. The Morgan fingerprint density at radius 1 is 1.56 bits per heavy atom. The van der Waals surface area contributed by atoms with Crippen molar-refractivity contribution >= 4 is 16.5 Å². The second kappa shape index (κ2) is 4.38. The number of halogens is 3. The minimum atomic E-state index is -4.62. The summed E-state index contributed by atoms with van der Waals surface area (Å²) in [5, 5.41) is 26.7. The molecular formula is C8H11F3N4O2S. The molecule has 18 heavy (non-hydrogen) atoms. The van der Waals surface area contributed by atoms with Gasteiger partial charge in [0.2, 0.25) is 11.2 Å². The fraction of sp³-hybridized carbons (Fsp3) is 0.750. The Morgan fingerprint density at radius 2 is 2.22 bits per heavy atom. The Balaban J connectivity index is 2.28. The van der Waals surface area contributed by atoms with Gasteiger partial charge in [-0.15, -0.1) is 5.10 Å². The second-order valence-electron chi connectivity index (χ2n) is 3.97. The van der Waals surface area contributed by atoms with Crippen molar-refractivity contribution in [1.29, 1.82) is 0 Å². The largest absolute Gasteiger partial charge is 0.623 e. The van der Waals surface area contributed by atoms with Crippen molar-refractivity contribution in [2.24, 2.45) is 0 Å². The summed E-state index contributed by atoms with van der Waals surface area (Å²) in [5.41, 5.74) is 0. The molecule has 0 aliphatic carbocycles. The van der Waals surface area contributed by atoms with E-state index < -0.39 is 22.1 Å². The fourth-order valence-corrected chi connectivity index (χ4v) is 2.50. The minimum Gasteiger partial charge on any atom is -0.623 e. The Labute approximate surface area is 104 Å². The maximum absolute atomic E-state index is 12.4. The summed E-state index contributed by atoms with van der Waals surface area (Å²) < 4.78 is 35.8. The van der Waals surface area contributed by atoms with Crippen LogP contribution in [0.1, 0.15) is 11.9 Å². The summed E-state index contributed by atoms with van der Waals surface area (Å²) in [6.07, 6.45) is -5.96. The first kappa shape index (κ1) is 13.6.